The lowest BCUT2D eigenvalue weighted by atomic mass is 9.99. The van der Waals surface area contributed by atoms with E-state index in [0.29, 0.717) is 12.6 Å². The highest BCUT2D eigenvalue weighted by Gasteiger charge is 2.20. The molecule has 1 heterocycles. The first-order chi connectivity index (χ1) is 11.6. The van der Waals surface area contributed by atoms with Crippen molar-refractivity contribution in [1.29, 1.82) is 0 Å². The molecule has 0 fully saturated rings. The third kappa shape index (κ3) is 5.49. The summed E-state index contributed by atoms with van der Waals surface area (Å²) in [7, 11) is 1.72. The van der Waals surface area contributed by atoms with Crippen LogP contribution in [0.15, 0.2) is 29.3 Å². The van der Waals surface area contributed by atoms with Crippen LogP contribution in [0.4, 0.5) is 0 Å². The van der Waals surface area contributed by atoms with E-state index < -0.39 is 0 Å². The predicted molar refractivity (Wildman–Crippen MR) is 100 cm³/mol. The molecular weight excluding hydrogens is 300 g/mol. The predicted octanol–water partition coefficient (Wildman–Crippen LogP) is 2.02. The number of ether oxygens (including phenoxy) is 1. The molecule has 0 saturated carbocycles. The lowest BCUT2D eigenvalue weighted by molar-refractivity contribution is 0.178. The summed E-state index contributed by atoms with van der Waals surface area (Å²) in [6.45, 7) is 10.9. The molecule has 2 rings (SSSR count). The summed E-state index contributed by atoms with van der Waals surface area (Å²) in [5, 5.41) is 6.70. The van der Waals surface area contributed by atoms with Crippen LogP contribution < -0.4 is 10.6 Å². The van der Waals surface area contributed by atoms with Crippen LogP contribution in [0.5, 0.6) is 0 Å². The van der Waals surface area contributed by atoms with Crippen molar-refractivity contribution in [3.8, 4) is 0 Å². The molecule has 2 N–H and O–H groups in total. The van der Waals surface area contributed by atoms with Gasteiger partial charge in [-0.1, -0.05) is 24.3 Å². The van der Waals surface area contributed by atoms with Gasteiger partial charge in [0.15, 0.2) is 5.96 Å². The van der Waals surface area contributed by atoms with Crippen LogP contribution in [-0.2, 0) is 17.7 Å². The molecule has 1 aromatic rings. The van der Waals surface area contributed by atoms with Gasteiger partial charge in [-0.3, -0.25) is 9.89 Å². The molecule has 0 aromatic heterocycles. The van der Waals surface area contributed by atoms with Gasteiger partial charge in [0.2, 0.25) is 0 Å². The number of guanidine groups is 1. The van der Waals surface area contributed by atoms with Gasteiger partial charge in [-0.05, 0) is 38.3 Å². The fourth-order valence-corrected chi connectivity index (χ4v) is 3.08. The van der Waals surface area contributed by atoms with Gasteiger partial charge in [-0.15, -0.1) is 0 Å². The number of nitrogens with zero attached hydrogens (tertiary/aromatic N) is 2. The zero-order chi connectivity index (χ0) is 17.4. The maximum Gasteiger partial charge on any atom is 0.191 e. The van der Waals surface area contributed by atoms with E-state index in [1.54, 1.807) is 7.11 Å². The zero-order valence-corrected chi connectivity index (χ0v) is 15.5. The summed E-state index contributed by atoms with van der Waals surface area (Å²) >= 11 is 0. The van der Waals surface area contributed by atoms with Crippen molar-refractivity contribution in [1.82, 2.24) is 15.5 Å². The van der Waals surface area contributed by atoms with Crippen LogP contribution in [-0.4, -0.2) is 56.3 Å². The van der Waals surface area contributed by atoms with Crippen LogP contribution in [0.1, 0.15) is 31.9 Å². The highest BCUT2D eigenvalue weighted by atomic mass is 16.5. The molecule has 1 aliphatic heterocycles. The molecule has 134 valence electrons. The number of aliphatic imine (C=N–C) groups is 1. The van der Waals surface area contributed by atoms with Gasteiger partial charge >= 0.3 is 0 Å². The van der Waals surface area contributed by atoms with E-state index >= 15 is 0 Å². The number of benzene rings is 1. The summed E-state index contributed by atoms with van der Waals surface area (Å²) in [5.74, 6) is 0.867. The Labute approximate surface area is 146 Å². The maximum atomic E-state index is 5.18. The second kappa shape index (κ2) is 9.64. The van der Waals surface area contributed by atoms with Gasteiger partial charge in [0.05, 0.1) is 13.2 Å². The van der Waals surface area contributed by atoms with Crippen molar-refractivity contribution in [3.05, 3.63) is 35.4 Å². The normalized spacial score (nSPS) is 17.9. The average Bonchev–Trinajstić information content (AvgIpc) is 2.59. The first-order valence-corrected chi connectivity index (χ1v) is 8.98. The first kappa shape index (κ1) is 18.7. The number of rotatable bonds is 7. The van der Waals surface area contributed by atoms with Crippen molar-refractivity contribution in [2.75, 3.05) is 33.4 Å². The van der Waals surface area contributed by atoms with Crippen LogP contribution >= 0.6 is 0 Å². The van der Waals surface area contributed by atoms with E-state index in [-0.39, 0.29) is 6.04 Å². The Morgan fingerprint density at radius 2 is 2.04 bits per heavy atom. The van der Waals surface area contributed by atoms with Crippen LogP contribution in [0, 0.1) is 0 Å². The van der Waals surface area contributed by atoms with Gasteiger partial charge in [0.25, 0.3) is 0 Å². The van der Waals surface area contributed by atoms with Gasteiger partial charge in [0, 0.05) is 38.8 Å². The Bertz CT molecular complexity index is 532. The van der Waals surface area contributed by atoms with E-state index in [1.807, 2.05) is 0 Å². The smallest absolute Gasteiger partial charge is 0.191 e. The number of fused-ring (bicyclic) bond motifs is 1. The molecule has 0 aliphatic carbocycles. The molecule has 0 spiro atoms. The van der Waals surface area contributed by atoms with E-state index in [2.05, 4.69) is 60.6 Å². The lowest BCUT2D eigenvalue weighted by Gasteiger charge is -2.33. The Morgan fingerprint density at radius 3 is 2.75 bits per heavy atom. The fourth-order valence-electron chi connectivity index (χ4n) is 3.08. The van der Waals surface area contributed by atoms with E-state index in [4.69, 9.17) is 9.73 Å². The molecule has 1 aliphatic rings. The molecule has 2 unspecified atom stereocenters. The van der Waals surface area contributed by atoms with Gasteiger partial charge in [-0.25, -0.2) is 0 Å². The monoisotopic (exact) mass is 332 g/mol. The molecular formula is C19H32N4O. The Balaban J connectivity index is 1.91. The standard InChI is InChI=1S/C19H32N4O/c1-5-20-19(22-15(2)14-24-4)21-12-16(3)23-11-10-17-8-6-7-9-18(17)13-23/h6-9,15-16H,5,10-14H2,1-4H3,(H2,20,21,22). The van der Waals surface area contributed by atoms with Crippen LogP contribution in [0.2, 0.25) is 0 Å². The Hall–Kier alpha value is -1.59. The minimum Gasteiger partial charge on any atom is -0.383 e. The largest absolute Gasteiger partial charge is 0.383 e. The number of hydrogen-bond acceptors (Lipinski definition) is 3. The molecule has 5 heteroatoms. The molecule has 0 amide bonds. The van der Waals surface area contributed by atoms with Crippen LogP contribution in [0.3, 0.4) is 0 Å². The van der Waals surface area contributed by atoms with Gasteiger partial charge in [0.1, 0.15) is 0 Å². The SMILES string of the molecule is CCNC(=NCC(C)N1CCc2ccccc2C1)NC(C)COC. The van der Waals surface area contributed by atoms with Gasteiger partial charge < -0.3 is 15.4 Å². The number of methoxy groups -OCH3 is 1. The third-order valence-corrected chi connectivity index (χ3v) is 4.44. The fraction of sp³-hybridized carbons (Fsp3) is 0.632. The van der Waals surface area contributed by atoms with Crippen molar-refractivity contribution in [2.45, 2.75) is 45.8 Å². The molecule has 24 heavy (non-hydrogen) atoms. The van der Waals surface area contributed by atoms with Crippen molar-refractivity contribution < 1.29 is 4.74 Å². The zero-order valence-electron chi connectivity index (χ0n) is 15.5. The number of hydrogen-bond donors (Lipinski definition) is 2. The average molecular weight is 332 g/mol. The molecule has 1 aromatic carbocycles. The highest BCUT2D eigenvalue weighted by molar-refractivity contribution is 5.80. The topological polar surface area (TPSA) is 48.9 Å². The molecule has 0 saturated heterocycles. The Kier molecular flexibility index (Phi) is 7.53. The summed E-state index contributed by atoms with van der Waals surface area (Å²) in [6.07, 6.45) is 1.13. The lowest BCUT2D eigenvalue weighted by Crippen LogP contribution is -2.45. The van der Waals surface area contributed by atoms with E-state index in [9.17, 15) is 0 Å². The van der Waals surface area contributed by atoms with Gasteiger partial charge in [-0.2, -0.15) is 0 Å². The van der Waals surface area contributed by atoms with Crippen molar-refractivity contribution in [2.24, 2.45) is 4.99 Å². The van der Waals surface area contributed by atoms with E-state index in [1.165, 1.54) is 11.1 Å². The minimum absolute atomic E-state index is 0.241. The van der Waals surface area contributed by atoms with E-state index in [0.717, 1.165) is 38.6 Å². The minimum atomic E-state index is 0.241. The first-order valence-electron chi connectivity index (χ1n) is 8.98. The molecule has 0 bridgehead atoms. The summed E-state index contributed by atoms with van der Waals surface area (Å²) < 4.78 is 5.18. The molecule has 5 nitrogen and oxygen atoms in total. The second-order valence-corrected chi connectivity index (χ2v) is 6.56. The Morgan fingerprint density at radius 1 is 1.29 bits per heavy atom. The summed E-state index contributed by atoms with van der Waals surface area (Å²) in [6, 6.07) is 9.43. The van der Waals surface area contributed by atoms with Crippen molar-refractivity contribution >= 4 is 5.96 Å². The highest BCUT2D eigenvalue weighted by Crippen LogP contribution is 2.20. The molecule has 0 radical (unpaired) electrons. The maximum absolute atomic E-state index is 5.18. The van der Waals surface area contributed by atoms with Crippen molar-refractivity contribution in [3.63, 3.8) is 0 Å². The second-order valence-electron chi connectivity index (χ2n) is 6.56. The number of nitrogens with one attached hydrogen (secondary N) is 2. The molecule has 2 atom stereocenters. The van der Waals surface area contributed by atoms with Crippen LogP contribution in [0.25, 0.3) is 0 Å². The quantitative estimate of drug-likeness (QED) is 0.592. The summed E-state index contributed by atoms with van der Waals surface area (Å²) in [4.78, 5) is 7.29. The summed E-state index contributed by atoms with van der Waals surface area (Å²) in [5.41, 5.74) is 2.95. The third-order valence-electron chi connectivity index (χ3n) is 4.44.